The van der Waals surface area contributed by atoms with E-state index in [9.17, 15) is 4.79 Å². The van der Waals surface area contributed by atoms with Gasteiger partial charge < -0.3 is 4.74 Å². The van der Waals surface area contributed by atoms with Gasteiger partial charge in [0.15, 0.2) is 0 Å². The van der Waals surface area contributed by atoms with Crippen LogP contribution in [0.1, 0.15) is 48.6 Å². The highest BCUT2D eigenvalue weighted by Crippen LogP contribution is 2.48. The first kappa shape index (κ1) is 16.5. The normalized spacial score (nSPS) is 21.6. The molecule has 1 fully saturated rings. The predicted octanol–water partition coefficient (Wildman–Crippen LogP) is 5.40. The minimum absolute atomic E-state index is 0.153. The van der Waals surface area contributed by atoms with Gasteiger partial charge in [0.2, 0.25) is 0 Å². The molecular weight excluding hydrogens is 296 g/mol. The summed E-state index contributed by atoms with van der Waals surface area (Å²) < 4.78 is 5.77. The summed E-state index contributed by atoms with van der Waals surface area (Å²) in [7, 11) is 0. The fraction of sp³-hybridized carbons (Fsp3) is 0.318. The molecule has 1 atom stereocenters. The van der Waals surface area contributed by atoms with Crippen molar-refractivity contribution < 1.29 is 9.53 Å². The Bertz CT molecular complexity index is 785. The Morgan fingerprint density at radius 3 is 2.42 bits per heavy atom. The molecule has 124 valence electrons. The van der Waals surface area contributed by atoms with Crippen LogP contribution in [-0.2, 0) is 9.53 Å². The van der Waals surface area contributed by atoms with Gasteiger partial charge in [-0.25, -0.2) is 0 Å². The molecule has 1 aliphatic heterocycles. The van der Waals surface area contributed by atoms with Crippen molar-refractivity contribution in [1.82, 2.24) is 0 Å². The molecule has 1 unspecified atom stereocenters. The number of hydrogen-bond acceptors (Lipinski definition) is 2. The van der Waals surface area contributed by atoms with Crippen LogP contribution in [-0.4, -0.2) is 5.97 Å². The lowest BCUT2D eigenvalue weighted by Crippen LogP contribution is -2.35. The molecule has 0 spiro atoms. The van der Waals surface area contributed by atoms with Crippen LogP contribution in [0.5, 0.6) is 0 Å². The highest BCUT2D eigenvalue weighted by molar-refractivity contribution is 5.77. The monoisotopic (exact) mass is 320 g/mol. The minimum Gasteiger partial charge on any atom is -0.456 e. The van der Waals surface area contributed by atoms with E-state index < -0.39 is 0 Å². The number of benzene rings is 2. The molecule has 0 saturated carbocycles. The summed E-state index contributed by atoms with van der Waals surface area (Å²) in [5.74, 6) is -0.153. The Morgan fingerprint density at radius 1 is 1.04 bits per heavy atom. The van der Waals surface area contributed by atoms with E-state index in [1.807, 2.05) is 18.2 Å². The molecule has 0 amide bonds. The third-order valence-electron chi connectivity index (χ3n) is 5.04. The van der Waals surface area contributed by atoms with Crippen molar-refractivity contribution in [3.8, 4) is 0 Å². The van der Waals surface area contributed by atoms with Gasteiger partial charge in [0.1, 0.15) is 6.10 Å². The lowest BCUT2D eigenvalue weighted by atomic mass is 9.72. The molecule has 2 aromatic carbocycles. The average molecular weight is 320 g/mol. The molecule has 2 heteroatoms. The van der Waals surface area contributed by atoms with E-state index >= 15 is 0 Å². The number of rotatable bonds is 2. The molecule has 0 bridgehead atoms. The van der Waals surface area contributed by atoms with Gasteiger partial charge >= 0.3 is 5.97 Å². The van der Waals surface area contributed by atoms with Crippen LogP contribution in [0.15, 0.2) is 54.1 Å². The Balaban J connectivity index is 2.02. The molecule has 2 nitrogen and oxygen atoms in total. The van der Waals surface area contributed by atoms with Crippen LogP contribution in [0, 0.1) is 19.3 Å². The summed E-state index contributed by atoms with van der Waals surface area (Å²) in [6.07, 6.45) is 2.23. The zero-order valence-corrected chi connectivity index (χ0v) is 14.8. The summed E-state index contributed by atoms with van der Waals surface area (Å²) in [5.41, 5.74) is 5.53. The standard InChI is InChI=1S/C22H24O2/c1-15-10-11-18(12-16(15)2)21-22(3,4)19(14-20(23)24-21)13-17-8-6-5-7-9-17/h5-13,21H,14H2,1-4H3/b19-13+. The van der Waals surface area contributed by atoms with Crippen molar-refractivity contribution in [3.05, 3.63) is 76.4 Å². The van der Waals surface area contributed by atoms with Crippen LogP contribution >= 0.6 is 0 Å². The predicted molar refractivity (Wildman–Crippen MR) is 97.6 cm³/mol. The van der Waals surface area contributed by atoms with Gasteiger partial charge in [-0.3, -0.25) is 4.79 Å². The molecule has 0 N–H and O–H groups in total. The first-order valence-electron chi connectivity index (χ1n) is 8.40. The molecule has 1 aliphatic rings. The quantitative estimate of drug-likeness (QED) is 0.692. The van der Waals surface area contributed by atoms with Crippen molar-refractivity contribution in [2.45, 2.75) is 40.2 Å². The number of aryl methyl sites for hydroxylation is 2. The maximum atomic E-state index is 12.2. The zero-order chi connectivity index (χ0) is 17.3. The van der Waals surface area contributed by atoms with E-state index in [0.717, 1.165) is 16.7 Å². The van der Waals surface area contributed by atoms with Crippen molar-refractivity contribution >= 4 is 12.0 Å². The second kappa shape index (κ2) is 6.27. The number of carbonyl (C=O) groups is 1. The lowest BCUT2D eigenvalue weighted by Gasteiger charge is -2.40. The molecule has 24 heavy (non-hydrogen) atoms. The minimum atomic E-state index is -0.256. The Kier molecular flexibility index (Phi) is 4.31. The zero-order valence-electron chi connectivity index (χ0n) is 14.8. The second-order valence-corrected chi connectivity index (χ2v) is 7.19. The third kappa shape index (κ3) is 3.14. The van der Waals surface area contributed by atoms with Crippen LogP contribution in [0.4, 0.5) is 0 Å². The van der Waals surface area contributed by atoms with Gasteiger partial charge in [0, 0.05) is 5.41 Å². The fourth-order valence-corrected chi connectivity index (χ4v) is 3.27. The van der Waals surface area contributed by atoms with Gasteiger partial charge in [-0.15, -0.1) is 0 Å². The topological polar surface area (TPSA) is 26.3 Å². The van der Waals surface area contributed by atoms with Gasteiger partial charge in [0.05, 0.1) is 6.42 Å². The van der Waals surface area contributed by atoms with E-state index in [4.69, 9.17) is 4.74 Å². The van der Waals surface area contributed by atoms with Crippen molar-refractivity contribution in [1.29, 1.82) is 0 Å². The van der Waals surface area contributed by atoms with E-state index in [0.29, 0.717) is 6.42 Å². The lowest BCUT2D eigenvalue weighted by molar-refractivity contribution is -0.159. The molecule has 2 aromatic rings. The highest BCUT2D eigenvalue weighted by Gasteiger charge is 2.42. The molecule has 3 rings (SSSR count). The second-order valence-electron chi connectivity index (χ2n) is 7.19. The van der Waals surface area contributed by atoms with E-state index in [2.05, 4.69) is 64.1 Å². The summed E-state index contributed by atoms with van der Waals surface area (Å²) >= 11 is 0. The molecule has 0 radical (unpaired) electrons. The van der Waals surface area contributed by atoms with Crippen molar-refractivity contribution in [2.24, 2.45) is 5.41 Å². The Labute approximate surface area is 144 Å². The summed E-state index contributed by atoms with van der Waals surface area (Å²) in [5, 5.41) is 0. The highest BCUT2D eigenvalue weighted by atomic mass is 16.5. The first-order valence-corrected chi connectivity index (χ1v) is 8.40. The number of hydrogen-bond donors (Lipinski definition) is 0. The Hall–Kier alpha value is -2.35. The first-order chi connectivity index (χ1) is 11.4. The summed E-state index contributed by atoms with van der Waals surface area (Å²) in [4.78, 5) is 12.2. The summed E-state index contributed by atoms with van der Waals surface area (Å²) in [6.45, 7) is 8.51. The summed E-state index contributed by atoms with van der Waals surface area (Å²) in [6, 6.07) is 16.5. The van der Waals surface area contributed by atoms with Crippen molar-refractivity contribution in [2.75, 3.05) is 0 Å². The van der Waals surface area contributed by atoms with Gasteiger partial charge in [-0.05, 0) is 41.7 Å². The fourth-order valence-electron chi connectivity index (χ4n) is 3.27. The molecule has 0 aromatic heterocycles. The smallest absolute Gasteiger partial charge is 0.310 e. The number of cyclic esters (lactones) is 1. The number of ether oxygens (including phenoxy) is 1. The SMILES string of the molecule is Cc1ccc(C2OC(=O)C/C(=C\c3ccccc3)C2(C)C)cc1C. The van der Waals surface area contributed by atoms with Gasteiger partial charge in [-0.1, -0.05) is 68.5 Å². The molecule has 0 aliphatic carbocycles. The largest absolute Gasteiger partial charge is 0.456 e. The number of carbonyl (C=O) groups excluding carboxylic acids is 1. The van der Waals surface area contributed by atoms with Gasteiger partial charge in [-0.2, -0.15) is 0 Å². The third-order valence-corrected chi connectivity index (χ3v) is 5.04. The van der Waals surface area contributed by atoms with E-state index in [1.165, 1.54) is 11.1 Å². The van der Waals surface area contributed by atoms with Gasteiger partial charge in [0.25, 0.3) is 0 Å². The Morgan fingerprint density at radius 2 is 1.75 bits per heavy atom. The molecule has 1 heterocycles. The van der Waals surface area contributed by atoms with Crippen LogP contribution < -0.4 is 0 Å². The number of esters is 1. The van der Waals surface area contributed by atoms with E-state index in [1.54, 1.807) is 0 Å². The van der Waals surface area contributed by atoms with Crippen LogP contribution in [0.2, 0.25) is 0 Å². The van der Waals surface area contributed by atoms with E-state index in [-0.39, 0.29) is 17.5 Å². The molecule has 1 saturated heterocycles. The van der Waals surface area contributed by atoms with Crippen LogP contribution in [0.25, 0.3) is 6.08 Å². The van der Waals surface area contributed by atoms with Crippen LogP contribution in [0.3, 0.4) is 0 Å². The maximum Gasteiger partial charge on any atom is 0.310 e. The van der Waals surface area contributed by atoms with Crippen molar-refractivity contribution in [3.63, 3.8) is 0 Å². The maximum absolute atomic E-state index is 12.2. The molecular formula is C22H24O2. The average Bonchev–Trinajstić information content (AvgIpc) is 2.54.